The number of hydrogen-bond acceptors (Lipinski definition) is 13. The zero-order chi connectivity index (χ0) is 65.3. The summed E-state index contributed by atoms with van der Waals surface area (Å²) in [6.07, 6.45) is 6.63. The van der Waals surface area contributed by atoms with Crippen LogP contribution in [0.3, 0.4) is 0 Å². The number of aliphatic imine (C=N–C) groups is 1. The van der Waals surface area contributed by atoms with E-state index in [1.54, 1.807) is 49.5 Å². The van der Waals surface area contributed by atoms with Gasteiger partial charge in [0.1, 0.15) is 48.0 Å². The number of unbranched alkanes of at least 4 members (excludes halogenated alkanes) is 1. The molecule has 0 aliphatic carbocycles. The molecule has 1 aliphatic rings. The summed E-state index contributed by atoms with van der Waals surface area (Å²) in [4.78, 5) is 142. The first kappa shape index (κ1) is 70.0. The molecule has 25 nitrogen and oxygen atoms in total. The number of nitrogens with one attached hydrogen (secondary N) is 8. The van der Waals surface area contributed by atoms with Crippen LogP contribution in [0.25, 0.3) is 10.9 Å². The highest BCUT2D eigenvalue weighted by atomic mass is 35.5. The normalized spacial score (nSPS) is 14.8. The fraction of sp³-hybridized carbons (Fsp3) is 0.453. The maximum atomic E-state index is 15.1. The van der Waals surface area contributed by atoms with Crippen molar-refractivity contribution in [2.75, 3.05) is 39.8 Å². The Labute approximate surface area is 528 Å². The topological polar surface area (TPSA) is 378 Å². The number of amides is 9. The van der Waals surface area contributed by atoms with Crippen molar-refractivity contribution in [2.24, 2.45) is 22.4 Å². The molecule has 3 heterocycles. The number of hydrogen-bond donors (Lipinski definition) is 12. The van der Waals surface area contributed by atoms with Crippen LogP contribution in [0.15, 0.2) is 109 Å². The molecule has 26 heteroatoms. The number of H-pyrrole nitrogens is 1. The van der Waals surface area contributed by atoms with Gasteiger partial charge in [0.15, 0.2) is 5.96 Å². The monoisotopic (exact) mass is 1260 g/mol. The number of carbonyl (C=O) groups excluding carboxylic acids is 9. The first-order valence-corrected chi connectivity index (χ1v) is 30.8. The lowest BCUT2D eigenvalue weighted by Crippen LogP contribution is -2.61. The summed E-state index contributed by atoms with van der Waals surface area (Å²) < 4.78 is 0. The Balaban J connectivity index is 1.26. The van der Waals surface area contributed by atoms with Gasteiger partial charge in [0.05, 0.1) is 12.2 Å². The summed E-state index contributed by atoms with van der Waals surface area (Å²) in [5.41, 5.74) is 14.2. The average molecular weight is 1260 g/mol. The van der Waals surface area contributed by atoms with Gasteiger partial charge in [-0.05, 0) is 130 Å². The molecule has 9 amide bonds. The number of rotatable bonds is 34. The number of benzene rings is 3. The Morgan fingerprint density at radius 3 is 2.12 bits per heavy atom. The fourth-order valence-corrected chi connectivity index (χ4v) is 10.8. The number of likely N-dealkylation sites (tertiary alicyclic amines) is 1. The Morgan fingerprint density at radius 1 is 0.767 bits per heavy atom. The average Bonchev–Trinajstić information content (AvgIpc) is 1.77. The number of pyridine rings is 1. The van der Waals surface area contributed by atoms with Gasteiger partial charge in [0.2, 0.25) is 47.3 Å². The smallest absolute Gasteiger partial charge is 0.252 e. The molecular formula is C64H85ClN14O11. The molecule has 2 aromatic heterocycles. The van der Waals surface area contributed by atoms with E-state index in [1.165, 1.54) is 48.6 Å². The lowest BCUT2D eigenvalue weighted by molar-refractivity contribution is -0.144. The highest BCUT2D eigenvalue weighted by molar-refractivity contribution is 6.30. The number of aromatic nitrogens is 2. The van der Waals surface area contributed by atoms with Crippen molar-refractivity contribution >= 4 is 81.6 Å². The molecule has 14 N–H and O–H groups in total. The zero-order valence-electron chi connectivity index (χ0n) is 51.3. The van der Waals surface area contributed by atoms with Crippen LogP contribution in [0.4, 0.5) is 0 Å². The van der Waals surface area contributed by atoms with Crippen molar-refractivity contribution in [3.63, 3.8) is 0 Å². The van der Waals surface area contributed by atoms with Crippen LogP contribution < -0.4 is 48.7 Å². The van der Waals surface area contributed by atoms with E-state index in [9.17, 15) is 48.6 Å². The number of nitrogens with zero attached hydrogens (tertiary/aromatic N) is 4. The number of likely N-dealkylation sites (N-methyl/N-ethyl adjacent to an activating group) is 2. The first-order chi connectivity index (χ1) is 43.1. The quantitative estimate of drug-likeness (QED) is 0.0160. The number of aromatic hydroxyl groups is 1. The molecule has 484 valence electrons. The van der Waals surface area contributed by atoms with Crippen molar-refractivity contribution in [2.45, 2.75) is 140 Å². The second kappa shape index (κ2) is 35.2. The number of nitrogens with two attached hydrogens (primary N) is 2. The minimum absolute atomic E-state index is 0.00317. The zero-order valence-corrected chi connectivity index (χ0v) is 52.1. The van der Waals surface area contributed by atoms with Gasteiger partial charge in [0, 0.05) is 87.0 Å². The largest absolute Gasteiger partial charge is 0.508 e. The molecule has 5 aromatic rings. The van der Waals surface area contributed by atoms with E-state index in [-0.39, 0.29) is 100 Å². The number of halogens is 1. The SMILES string of the molecule is CCNC(=O)[C@@H]1CCCN1C(=O)[C@H](CCCN=C(N)N)NC(=O)[C@H](CC(C)C)NC(=O)[C@@H](CCCCNC(=O)c1cccnc1)NC(=O)[C@H](Cc1ccc(O)cc1)N(C)C(=O)[C@H](CO)NC(=O)[C@@H](Cc1c[nH]c2ccccc12)NC(=O)CCc1ccc(Cl)cc1. The fourth-order valence-electron chi connectivity index (χ4n) is 10.6. The number of carbonyl (C=O) groups is 9. The van der Waals surface area contributed by atoms with Crippen molar-refractivity contribution in [1.82, 2.24) is 57.0 Å². The van der Waals surface area contributed by atoms with Crippen molar-refractivity contribution < 1.29 is 53.4 Å². The molecular weight excluding hydrogens is 1180 g/mol. The van der Waals surface area contributed by atoms with Gasteiger partial charge in [-0.2, -0.15) is 0 Å². The highest BCUT2D eigenvalue weighted by Crippen LogP contribution is 2.23. The third kappa shape index (κ3) is 21.3. The molecule has 0 unspecified atom stereocenters. The number of phenols is 1. The molecule has 1 fully saturated rings. The number of aliphatic hydroxyl groups excluding tert-OH is 1. The summed E-state index contributed by atoms with van der Waals surface area (Å²) >= 11 is 6.08. The number of guanidine groups is 1. The van der Waals surface area contributed by atoms with Gasteiger partial charge < -0.3 is 73.7 Å². The van der Waals surface area contributed by atoms with Crippen LogP contribution in [0.1, 0.15) is 106 Å². The first-order valence-electron chi connectivity index (χ1n) is 30.4. The number of phenolic OH excluding ortho intramolecular Hbond substituents is 1. The molecule has 1 aliphatic heterocycles. The number of aliphatic hydroxyl groups is 1. The Kier molecular flexibility index (Phi) is 27.4. The van der Waals surface area contributed by atoms with E-state index in [2.05, 4.69) is 52.2 Å². The lowest BCUT2D eigenvalue weighted by Gasteiger charge is -2.32. The van der Waals surface area contributed by atoms with E-state index in [0.29, 0.717) is 53.9 Å². The van der Waals surface area contributed by atoms with Gasteiger partial charge in [-0.15, -0.1) is 0 Å². The molecule has 7 atom stereocenters. The Morgan fingerprint density at radius 2 is 1.43 bits per heavy atom. The molecule has 0 spiro atoms. The third-order valence-corrected chi connectivity index (χ3v) is 15.7. The molecule has 0 bridgehead atoms. The number of aryl methyl sites for hydroxylation is 1. The number of para-hydroxylation sites is 1. The van der Waals surface area contributed by atoms with Crippen LogP contribution in [0.5, 0.6) is 5.75 Å². The molecule has 6 rings (SSSR count). The van der Waals surface area contributed by atoms with Gasteiger partial charge in [-0.25, -0.2) is 0 Å². The van der Waals surface area contributed by atoms with Crippen LogP contribution in [0.2, 0.25) is 5.02 Å². The van der Waals surface area contributed by atoms with Crippen molar-refractivity contribution in [1.29, 1.82) is 0 Å². The van der Waals surface area contributed by atoms with Crippen LogP contribution in [-0.4, -0.2) is 171 Å². The number of fused-ring (bicyclic) bond motifs is 1. The number of aromatic amines is 1. The minimum Gasteiger partial charge on any atom is -0.508 e. The van der Waals surface area contributed by atoms with Gasteiger partial charge >= 0.3 is 0 Å². The maximum Gasteiger partial charge on any atom is 0.252 e. The van der Waals surface area contributed by atoms with Crippen LogP contribution >= 0.6 is 11.6 Å². The van der Waals surface area contributed by atoms with Gasteiger partial charge in [-0.3, -0.25) is 53.1 Å². The van der Waals surface area contributed by atoms with Crippen molar-refractivity contribution in [3.8, 4) is 5.75 Å². The molecule has 3 aromatic carbocycles. The highest BCUT2D eigenvalue weighted by Gasteiger charge is 2.40. The third-order valence-electron chi connectivity index (χ3n) is 15.4. The molecule has 1 saturated heterocycles. The molecule has 0 radical (unpaired) electrons. The Bertz CT molecular complexity index is 3250. The summed E-state index contributed by atoms with van der Waals surface area (Å²) in [5.74, 6) is -6.24. The van der Waals surface area contributed by atoms with Crippen molar-refractivity contribution in [3.05, 3.63) is 131 Å². The molecule has 0 saturated carbocycles. The predicted molar refractivity (Wildman–Crippen MR) is 340 cm³/mol. The predicted octanol–water partition coefficient (Wildman–Crippen LogP) is 2.41. The second-order valence-electron chi connectivity index (χ2n) is 22.7. The summed E-state index contributed by atoms with van der Waals surface area (Å²) in [5, 5.41) is 41.9. The Hall–Kier alpha value is -9.10. The van der Waals surface area contributed by atoms with Gasteiger partial charge in [0.25, 0.3) is 5.91 Å². The van der Waals surface area contributed by atoms with E-state index in [4.69, 9.17) is 23.1 Å². The van der Waals surface area contributed by atoms with Crippen LogP contribution in [0, 0.1) is 5.92 Å². The lowest BCUT2D eigenvalue weighted by atomic mass is 9.99. The second-order valence-corrected chi connectivity index (χ2v) is 23.2. The molecule has 90 heavy (non-hydrogen) atoms. The minimum atomic E-state index is -1.67. The van der Waals surface area contributed by atoms with Crippen LogP contribution in [-0.2, 0) is 57.6 Å². The maximum absolute atomic E-state index is 15.1. The van der Waals surface area contributed by atoms with E-state index in [1.807, 2.05) is 38.1 Å². The summed E-state index contributed by atoms with van der Waals surface area (Å²) in [6.45, 7) is 5.40. The summed E-state index contributed by atoms with van der Waals surface area (Å²) in [7, 11) is 1.29. The standard InChI is InChI=1S/C64H85ClN14O11/c1-5-69-60(87)53-18-12-32-79(53)63(90)49(17-11-31-71-64(66)67)75-58(85)50(33-39(2)3)76-57(84)48(16-8-9-30-70-56(83)42-13-10-29-68-36-42)74-61(88)54(34-41-21-26-45(81)27-22-41)78(4)62(89)52(38-80)77-59(86)51(35-43-37-72-47-15-7-6-14-46(43)47)73-55(82)28-23-40-19-24-44(65)25-20-40/h6-7,10,13-15,19-22,24-27,29,36-37,39,48-54,72,80-81H,5,8-9,11-12,16-18,23,28,30-35,38H2,1-4H3,(H,69,87)(H,70,83)(H,73,82)(H,74,88)(H,75,85)(H,76,84)(H,77,86)(H4,66,67,71)/t48-,49+,50+,51-,52+,53+,54+/m1/s1. The van der Waals surface area contributed by atoms with E-state index < -0.39 is 90.3 Å². The van der Waals surface area contributed by atoms with Gasteiger partial charge in [-0.1, -0.05) is 67.9 Å². The van der Waals surface area contributed by atoms with E-state index in [0.717, 1.165) is 21.4 Å². The summed E-state index contributed by atoms with van der Waals surface area (Å²) in [6, 6.07) is 14.4. The van der Waals surface area contributed by atoms with E-state index >= 15 is 4.79 Å².